The summed E-state index contributed by atoms with van der Waals surface area (Å²) in [6.45, 7) is 3.34. The number of benzene rings is 1. The monoisotopic (exact) mass is 283 g/mol. The van der Waals surface area contributed by atoms with Gasteiger partial charge >= 0.3 is 6.09 Å². The number of nitrogens with zero attached hydrogens (tertiary/aromatic N) is 1. The van der Waals surface area contributed by atoms with Crippen LogP contribution >= 0.6 is 15.9 Å². The molecule has 0 saturated carbocycles. The van der Waals surface area contributed by atoms with Gasteiger partial charge in [0, 0.05) is 11.0 Å². The molecule has 1 aliphatic rings. The fourth-order valence-corrected chi connectivity index (χ4v) is 2.11. The van der Waals surface area contributed by atoms with E-state index < -0.39 is 0 Å². The molecule has 1 amide bonds. The smallest absolute Gasteiger partial charge is 0.410 e. The van der Waals surface area contributed by atoms with Gasteiger partial charge in [0.15, 0.2) is 0 Å². The third-order valence-corrected chi connectivity index (χ3v) is 3.35. The molecule has 0 aromatic heterocycles. The van der Waals surface area contributed by atoms with Crippen molar-refractivity contribution in [2.75, 3.05) is 13.2 Å². The molecule has 1 aromatic carbocycles. The van der Waals surface area contributed by atoms with Gasteiger partial charge < -0.3 is 9.64 Å². The van der Waals surface area contributed by atoms with Gasteiger partial charge in [0.2, 0.25) is 0 Å². The molecule has 0 N–H and O–H groups in total. The maximum atomic E-state index is 11.6. The largest absolute Gasteiger partial charge is 0.449 e. The van der Waals surface area contributed by atoms with Crippen LogP contribution in [-0.2, 0) is 4.74 Å². The predicted molar refractivity (Wildman–Crippen MR) is 65.2 cm³/mol. The number of hydrogen-bond donors (Lipinski definition) is 0. The Morgan fingerprint density at radius 1 is 1.38 bits per heavy atom. The van der Waals surface area contributed by atoms with E-state index in [1.54, 1.807) is 4.90 Å². The van der Waals surface area contributed by atoms with Crippen molar-refractivity contribution in [1.82, 2.24) is 4.90 Å². The summed E-state index contributed by atoms with van der Waals surface area (Å²) >= 11 is 3.40. The second kappa shape index (κ2) is 4.87. The highest BCUT2D eigenvalue weighted by atomic mass is 79.9. The van der Waals surface area contributed by atoms with E-state index in [4.69, 9.17) is 4.74 Å². The summed E-state index contributed by atoms with van der Waals surface area (Å²) in [5.41, 5.74) is 1.13. The van der Waals surface area contributed by atoms with Crippen LogP contribution in [-0.4, -0.2) is 24.1 Å². The van der Waals surface area contributed by atoms with Crippen LogP contribution in [0.2, 0.25) is 0 Å². The first-order valence-electron chi connectivity index (χ1n) is 5.37. The van der Waals surface area contributed by atoms with Gasteiger partial charge in [-0.25, -0.2) is 4.79 Å². The molecule has 1 saturated heterocycles. The van der Waals surface area contributed by atoms with Crippen molar-refractivity contribution >= 4 is 22.0 Å². The predicted octanol–water partition coefficient (Wildman–Crippen LogP) is 3.35. The SMILES string of the molecule is CC(c1ccc(Br)cc1)N1CCCOC1=O. The Bertz CT molecular complexity index is 377. The van der Waals surface area contributed by atoms with Gasteiger partial charge in [-0.1, -0.05) is 28.1 Å². The topological polar surface area (TPSA) is 29.5 Å². The fourth-order valence-electron chi connectivity index (χ4n) is 1.84. The van der Waals surface area contributed by atoms with Crippen molar-refractivity contribution in [2.45, 2.75) is 19.4 Å². The molecule has 1 atom stereocenters. The second-order valence-electron chi connectivity index (χ2n) is 3.89. The van der Waals surface area contributed by atoms with Crippen LogP contribution in [0.25, 0.3) is 0 Å². The summed E-state index contributed by atoms with van der Waals surface area (Å²) in [5, 5.41) is 0. The van der Waals surface area contributed by atoms with Crippen molar-refractivity contribution in [2.24, 2.45) is 0 Å². The maximum Gasteiger partial charge on any atom is 0.410 e. The van der Waals surface area contributed by atoms with Crippen molar-refractivity contribution in [3.63, 3.8) is 0 Å². The summed E-state index contributed by atoms with van der Waals surface area (Å²) in [6, 6.07) is 8.09. The molecule has 1 unspecified atom stereocenters. The molecule has 0 spiro atoms. The minimum atomic E-state index is -0.207. The molecular formula is C12H14BrNO2. The lowest BCUT2D eigenvalue weighted by molar-refractivity contribution is 0.0580. The van der Waals surface area contributed by atoms with Crippen molar-refractivity contribution in [3.8, 4) is 0 Å². The molecule has 0 radical (unpaired) electrons. The molecule has 2 rings (SSSR count). The first-order valence-corrected chi connectivity index (χ1v) is 6.16. The maximum absolute atomic E-state index is 11.6. The highest BCUT2D eigenvalue weighted by molar-refractivity contribution is 9.10. The lowest BCUT2D eigenvalue weighted by atomic mass is 10.1. The summed E-state index contributed by atoms with van der Waals surface area (Å²) in [7, 11) is 0. The Morgan fingerprint density at radius 3 is 2.69 bits per heavy atom. The number of halogens is 1. The normalized spacial score (nSPS) is 18.1. The molecule has 86 valence electrons. The molecule has 1 fully saturated rings. The Labute approximate surface area is 104 Å². The Morgan fingerprint density at radius 2 is 2.06 bits per heavy atom. The number of carbonyl (C=O) groups excluding carboxylic acids is 1. The zero-order valence-electron chi connectivity index (χ0n) is 9.15. The minimum absolute atomic E-state index is 0.0703. The van der Waals surface area contributed by atoms with Gasteiger partial charge in [0.25, 0.3) is 0 Å². The van der Waals surface area contributed by atoms with Crippen LogP contribution in [0, 0.1) is 0 Å². The van der Waals surface area contributed by atoms with Crippen LogP contribution in [0.3, 0.4) is 0 Å². The standard InChI is InChI=1S/C12H14BrNO2/c1-9(10-3-5-11(13)6-4-10)14-7-2-8-16-12(14)15/h3-6,9H,2,7-8H2,1H3. The highest BCUT2D eigenvalue weighted by Crippen LogP contribution is 2.24. The van der Waals surface area contributed by atoms with Crippen LogP contribution < -0.4 is 0 Å². The van der Waals surface area contributed by atoms with E-state index in [9.17, 15) is 4.79 Å². The summed E-state index contributed by atoms with van der Waals surface area (Å²) in [5.74, 6) is 0. The lowest BCUT2D eigenvalue weighted by Crippen LogP contribution is -2.39. The summed E-state index contributed by atoms with van der Waals surface area (Å²) in [4.78, 5) is 13.3. The van der Waals surface area contributed by atoms with Gasteiger partial charge in [0.1, 0.15) is 0 Å². The van der Waals surface area contributed by atoms with Gasteiger partial charge in [-0.05, 0) is 31.0 Å². The first kappa shape index (κ1) is 11.5. The molecule has 0 bridgehead atoms. The third kappa shape index (κ3) is 2.38. The Kier molecular flexibility index (Phi) is 3.49. The number of rotatable bonds is 2. The van der Waals surface area contributed by atoms with E-state index >= 15 is 0 Å². The van der Waals surface area contributed by atoms with E-state index in [0.29, 0.717) is 6.61 Å². The lowest BCUT2D eigenvalue weighted by Gasteiger charge is -2.32. The molecule has 1 aromatic rings. The van der Waals surface area contributed by atoms with Crippen molar-refractivity contribution in [3.05, 3.63) is 34.3 Å². The molecule has 16 heavy (non-hydrogen) atoms. The number of hydrogen-bond acceptors (Lipinski definition) is 2. The Balaban J connectivity index is 2.14. The molecule has 1 aliphatic heterocycles. The number of carbonyl (C=O) groups is 1. The van der Waals surface area contributed by atoms with Gasteiger partial charge in [-0.15, -0.1) is 0 Å². The number of amides is 1. The number of ether oxygens (including phenoxy) is 1. The van der Waals surface area contributed by atoms with Gasteiger partial charge in [0.05, 0.1) is 12.6 Å². The van der Waals surface area contributed by atoms with E-state index in [1.165, 1.54) is 0 Å². The van der Waals surface area contributed by atoms with Crippen LogP contribution in [0.5, 0.6) is 0 Å². The van der Waals surface area contributed by atoms with Crippen LogP contribution in [0.4, 0.5) is 4.79 Å². The van der Waals surface area contributed by atoms with E-state index in [0.717, 1.165) is 23.0 Å². The quantitative estimate of drug-likeness (QED) is 0.833. The van der Waals surface area contributed by atoms with E-state index in [2.05, 4.69) is 15.9 Å². The summed E-state index contributed by atoms with van der Waals surface area (Å²) < 4.78 is 6.08. The molecular weight excluding hydrogens is 270 g/mol. The Hall–Kier alpha value is -1.03. The average molecular weight is 284 g/mol. The third-order valence-electron chi connectivity index (χ3n) is 2.82. The van der Waals surface area contributed by atoms with Crippen molar-refractivity contribution in [1.29, 1.82) is 0 Å². The van der Waals surface area contributed by atoms with Gasteiger partial charge in [-0.2, -0.15) is 0 Å². The first-order chi connectivity index (χ1) is 7.68. The molecule has 3 nitrogen and oxygen atoms in total. The molecule has 4 heteroatoms. The van der Waals surface area contributed by atoms with E-state index in [-0.39, 0.29) is 12.1 Å². The number of cyclic esters (lactones) is 1. The zero-order chi connectivity index (χ0) is 11.5. The van der Waals surface area contributed by atoms with Crippen LogP contribution in [0.15, 0.2) is 28.7 Å². The van der Waals surface area contributed by atoms with Gasteiger partial charge in [-0.3, -0.25) is 0 Å². The molecule has 1 heterocycles. The minimum Gasteiger partial charge on any atom is -0.449 e. The van der Waals surface area contributed by atoms with Crippen LogP contribution in [0.1, 0.15) is 24.9 Å². The molecule has 0 aliphatic carbocycles. The van der Waals surface area contributed by atoms with E-state index in [1.807, 2.05) is 31.2 Å². The van der Waals surface area contributed by atoms with Crippen molar-refractivity contribution < 1.29 is 9.53 Å². The highest BCUT2D eigenvalue weighted by Gasteiger charge is 2.25. The average Bonchev–Trinajstić information content (AvgIpc) is 2.30. The summed E-state index contributed by atoms with van der Waals surface area (Å²) in [6.07, 6.45) is 0.703. The zero-order valence-corrected chi connectivity index (χ0v) is 10.7. The second-order valence-corrected chi connectivity index (χ2v) is 4.80. The fraction of sp³-hybridized carbons (Fsp3) is 0.417.